The number of hydrogen-bond acceptors (Lipinski definition) is 4. The molecule has 2 atom stereocenters. The molecule has 2 unspecified atom stereocenters. The highest BCUT2D eigenvalue weighted by molar-refractivity contribution is 14.0. The Balaban J connectivity index is 0.00000289. The third kappa shape index (κ3) is 7.30. The lowest BCUT2D eigenvalue weighted by atomic mass is 9.82. The normalized spacial score (nSPS) is 26.9. The second kappa shape index (κ2) is 13.1. The molecule has 7 heteroatoms. The van der Waals surface area contributed by atoms with Crippen LogP contribution in [0.5, 0.6) is 0 Å². The molecule has 6 nitrogen and oxygen atoms in total. The third-order valence-corrected chi connectivity index (χ3v) is 7.09. The van der Waals surface area contributed by atoms with Crippen LogP contribution in [-0.4, -0.2) is 61.9 Å². The molecule has 0 aliphatic carbocycles. The maximum absolute atomic E-state index is 6.09. The lowest BCUT2D eigenvalue weighted by Crippen LogP contribution is -2.56. The molecule has 0 radical (unpaired) electrons. The predicted octanol–water partition coefficient (Wildman–Crippen LogP) is 4.07. The van der Waals surface area contributed by atoms with Gasteiger partial charge in [-0.15, -0.1) is 24.0 Å². The second-order valence-corrected chi connectivity index (χ2v) is 9.35. The van der Waals surface area contributed by atoms with Gasteiger partial charge in [0.2, 0.25) is 0 Å². The van der Waals surface area contributed by atoms with Gasteiger partial charge in [0, 0.05) is 37.9 Å². The topological polar surface area (TPSA) is 58.1 Å². The van der Waals surface area contributed by atoms with Gasteiger partial charge >= 0.3 is 0 Å². The average molecular weight is 557 g/mol. The first-order valence-corrected chi connectivity index (χ1v) is 12.2. The second-order valence-electron chi connectivity index (χ2n) is 9.35. The van der Waals surface area contributed by atoms with Crippen LogP contribution in [0.25, 0.3) is 0 Å². The monoisotopic (exact) mass is 556 g/mol. The van der Waals surface area contributed by atoms with Crippen molar-refractivity contribution in [3.8, 4) is 0 Å². The van der Waals surface area contributed by atoms with Gasteiger partial charge in [0.05, 0.1) is 19.3 Å². The number of halogens is 1. The van der Waals surface area contributed by atoms with Crippen LogP contribution in [0.1, 0.15) is 63.0 Å². The number of aliphatic imine (C=N–C) groups is 1. The quantitative estimate of drug-likeness (QED) is 0.302. The van der Waals surface area contributed by atoms with E-state index in [-0.39, 0.29) is 24.0 Å². The number of hydrogen-bond donors (Lipinski definition) is 2. The van der Waals surface area contributed by atoms with Gasteiger partial charge in [-0.2, -0.15) is 0 Å². The van der Waals surface area contributed by atoms with Crippen LogP contribution < -0.4 is 10.6 Å². The van der Waals surface area contributed by atoms with Gasteiger partial charge < -0.3 is 25.0 Å². The van der Waals surface area contributed by atoms with Crippen molar-refractivity contribution in [3.63, 3.8) is 0 Å². The summed E-state index contributed by atoms with van der Waals surface area (Å²) in [6.07, 6.45) is 8.82. The van der Waals surface area contributed by atoms with E-state index in [9.17, 15) is 0 Å². The summed E-state index contributed by atoms with van der Waals surface area (Å²) in [7, 11) is 2.31. The largest absolute Gasteiger partial charge is 0.381 e. The lowest BCUT2D eigenvalue weighted by Gasteiger charge is -2.47. The van der Waals surface area contributed by atoms with Crippen LogP contribution in [0.4, 0.5) is 0 Å². The Kier molecular flexibility index (Phi) is 10.5. The summed E-state index contributed by atoms with van der Waals surface area (Å²) >= 11 is 0. The van der Waals surface area contributed by atoms with Gasteiger partial charge in [-0.3, -0.25) is 0 Å². The summed E-state index contributed by atoms with van der Waals surface area (Å²) < 4.78 is 11.5. The molecule has 3 aliphatic rings. The molecule has 3 fully saturated rings. The summed E-state index contributed by atoms with van der Waals surface area (Å²) in [5.41, 5.74) is 2.45. The molecule has 1 aromatic rings. The van der Waals surface area contributed by atoms with Gasteiger partial charge in [-0.25, -0.2) is 4.99 Å². The van der Waals surface area contributed by atoms with Crippen molar-refractivity contribution in [1.29, 1.82) is 0 Å². The fourth-order valence-electron chi connectivity index (χ4n) is 5.29. The van der Waals surface area contributed by atoms with Crippen molar-refractivity contribution in [2.45, 2.75) is 89.3 Å². The van der Waals surface area contributed by atoms with Gasteiger partial charge in [-0.05, 0) is 63.6 Å². The van der Waals surface area contributed by atoms with Crippen LogP contribution in [0.2, 0.25) is 0 Å². The number of nitrogens with zero attached hydrogens (tertiary/aromatic N) is 2. The van der Waals surface area contributed by atoms with Crippen molar-refractivity contribution in [2.24, 2.45) is 4.99 Å². The van der Waals surface area contributed by atoms with Gasteiger partial charge in [0.15, 0.2) is 5.96 Å². The van der Waals surface area contributed by atoms with Crippen molar-refractivity contribution >= 4 is 29.9 Å². The fraction of sp³-hybridized carbons (Fsp3) is 0.720. The Bertz CT molecular complexity index is 712. The third-order valence-electron chi connectivity index (χ3n) is 7.09. The van der Waals surface area contributed by atoms with Crippen molar-refractivity contribution < 1.29 is 9.47 Å². The van der Waals surface area contributed by atoms with Crippen LogP contribution in [0.15, 0.2) is 29.3 Å². The summed E-state index contributed by atoms with van der Waals surface area (Å²) in [6.45, 7) is 5.99. The van der Waals surface area contributed by atoms with Gasteiger partial charge in [0.1, 0.15) is 0 Å². The van der Waals surface area contributed by atoms with E-state index in [2.05, 4.69) is 53.8 Å². The molecule has 3 saturated heterocycles. The van der Waals surface area contributed by atoms with Crippen molar-refractivity contribution in [1.82, 2.24) is 15.5 Å². The summed E-state index contributed by atoms with van der Waals surface area (Å²) in [5.74, 6) is 0.944. The van der Waals surface area contributed by atoms with E-state index in [0.717, 1.165) is 50.6 Å². The van der Waals surface area contributed by atoms with E-state index in [1.54, 1.807) is 0 Å². The van der Waals surface area contributed by atoms with E-state index < -0.39 is 0 Å². The summed E-state index contributed by atoms with van der Waals surface area (Å²) in [5, 5.41) is 7.18. The molecular weight excluding hydrogens is 515 g/mol. The summed E-state index contributed by atoms with van der Waals surface area (Å²) in [4.78, 5) is 7.52. The molecule has 3 aliphatic heterocycles. The minimum Gasteiger partial charge on any atom is -0.381 e. The molecule has 0 saturated carbocycles. The number of guanidine groups is 1. The highest BCUT2D eigenvalue weighted by Crippen LogP contribution is 2.32. The standard InChI is InChI=1S/C25H40N4O2.HI/c1-3-26-25(28-21-15-22-8-5-9-23(16-21)29(22)2)27-17-19-6-4-7-20(14-19)18-31-24-10-12-30-13-11-24;/h4,6-7,14,21-24H,3,5,8-13,15-18H2,1-2H3,(H2,26,27,28);1H. The zero-order chi connectivity index (χ0) is 21.5. The maximum Gasteiger partial charge on any atom is 0.191 e. The molecule has 32 heavy (non-hydrogen) atoms. The Morgan fingerprint density at radius 2 is 1.84 bits per heavy atom. The molecule has 2 bridgehead atoms. The molecular formula is C25H41IN4O2. The Labute approximate surface area is 210 Å². The Hall–Kier alpha value is -0.900. The number of ether oxygens (including phenoxy) is 2. The molecule has 4 rings (SSSR count). The van der Waals surface area contributed by atoms with Crippen molar-refractivity contribution in [2.75, 3.05) is 26.8 Å². The average Bonchev–Trinajstić information content (AvgIpc) is 2.78. The van der Waals surface area contributed by atoms with E-state index in [0.29, 0.717) is 25.3 Å². The highest BCUT2D eigenvalue weighted by atomic mass is 127. The zero-order valence-corrected chi connectivity index (χ0v) is 22.1. The van der Waals surface area contributed by atoms with Gasteiger partial charge in [-0.1, -0.05) is 30.7 Å². The first kappa shape index (κ1) is 25.7. The molecule has 0 amide bonds. The minimum absolute atomic E-state index is 0. The molecule has 2 N–H and O–H groups in total. The minimum atomic E-state index is 0. The van der Waals surface area contributed by atoms with Crippen LogP contribution in [0.3, 0.4) is 0 Å². The maximum atomic E-state index is 6.09. The van der Waals surface area contributed by atoms with E-state index in [1.165, 1.54) is 43.2 Å². The smallest absolute Gasteiger partial charge is 0.191 e. The fourth-order valence-corrected chi connectivity index (χ4v) is 5.29. The van der Waals surface area contributed by atoms with Gasteiger partial charge in [0.25, 0.3) is 0 Å². The highest BCUT2D eigenvalue weighted by Gasteiger charge is 2.36. The molecule has 3 heterocycles. The number of benzene rings is 1. The SMILES string of the molecule is CCNC(=NCc1cccc(COC2CCOCC2)c1)NC1CC2CCCC(C1)N2C.I. The number of piperidine rings is 2. The molecule has 0 spiro atoms. The first-order chi connectivity index (χ1) is 15.2. The van der Waals surface area contributed by atoms with E-state index in [1.807, 2.05) is 0 Å². The first-order valence-electron chi connectivity index (χ1n) is 12.2. The van der Waals surface area contributed by atoms with Crippen LogP contribution in [0, 0.1) is 0 Å². The number of nitrogens with one attached hydrogen (secondary N) is 2. The molecule has 0 aromatic heterocycles. The predicted molar refractivity (Wildman–Crippen MR) is 141 cm³/mol. The van der Waals surface area contributed by atoms with Crippen LogP contribution in [-0.2, 0) is 22.6 Å². The van der Waals surface area contributed by atoms with Crippen molar-refractivity contribution in [3.05, 3.63) is 35.4 Å². The lowest BCUT2D eigenvalue weighted by molar-refractivity contribution is -0.0390. The number of rotatable bonds is 7. The Morgan fingerprint density at radius 3 is 2.56 bits per heavy atom. The van der Waals surface area contributed by atoms with Crippen LogP contribution >= 0.6 is 24.0 Å². The summed E-state index contributed by atoms with van der Waals surface area (Å²) in [6, 6.07) is 10.6. The zero-order valence-electron chi connectivity index (χ0n) is 19.7. The molecule has 1 aromatic carbocycles. The Morgan fingerprint density at radius 1 is 1.12 bits per heavy atom. The molecule has 180 valence electrons. The van der Waals surface area contributed by atoms with E-state index in [4.69, 9.17) is 14.5 Å². The number of fused-ring (bicyclic) bond motifs is 2. The van der Waals surface area contributed by atoms with E-state index >= 15 is 0 Å².